The molecule has 0 spiro atoms. The molecule has 0 atom stereocenters. The molecule has 1 amide bonds. The van der Waals surface area contributed by atoms with Crippen molar-refractivity contribution in [1.82, 2.24) is 0 Å². The first kappa shape index (κ1) is 18.3. The second-order valence-corrected chi connectivity index (χ2v) is 5.81. The third kappa shape index (κ3) is 4.03. The lowest BCUT2D eigenvalue weighted by Crippen LogP contribution is -2.07. The fourth-order valence-corrected chi connectivity index (χ4v) is 2.87. The molecule has 5 nitrogen and oxygen atoms in total. The number of anilines is 1. The highest BCUT2D eigenvalue weighted by atomic mass is 16.5. The van der Waals surface area contributed by atoms with Gasteiger partial charge in [-0.15, -0.1) is 0 Å². The summed E-state index contributed by atoms with van der Waals surface area (Å²) in [5.41, 5.74) is 1.45. The average molecular weight is 363 g/mol. The first-order chi connectivity index (χ1) is 13.2. The molecule has 1 N–H and O–H groups in total. The van der Waals surface area contributed by atoms with Crippen LogP contribution >= 0.6 is 0 Å². The van der Waals surface area contributed by atoms with Gasteiger partial charge in [0, 0.05) is 17.3 Å². The van der Waals surface area contributed by atoms with E-state index in [4.69, 9.17) is 14.2 Å². The highest BCUT2D eigenvalue weighted by molar-refractivity contribution is 6.03. The molecule has 0 aromatic heterocycles. The molecular weight excluding hydrogens is 342 g/mol. The van der Waals surface area contributed by atoms with Crippen LogP contribution in [0.1, 0.15) is 5.56 Å². The summed E-state index contributed by atoms with van der Waals surface area (Å²) in [6.07, 6.45) is 3.14. The second kappa shape index (κ2) is 8.27. The Kier molecular flexibility index (Phi) is 5.61. The Morgan fingerprint density at radius 3 is 2.30 bits per heavy atom. The van der Waals surface area contributed by atoms with Crippen molar-refractivity contribution >= 4 is 28.4 Å². The number of hydrogen-bond donors (Lipinski definition) is 1. The fourth-order valence-electron chi connectivity index (χ4n) is 2.87. The van der Waals surface area contributed by atoms with E-state index in [1.165, 1.54) is 6.08 Å². The summed E-state index contributed by atoms with van der Waals surface area (Å²) in [5.74, 6) is 1.32. The quantitative estimate of drug-likeness (QED) is 0.654. The Morgan fingerprint density at radius 1 is 0.852 bits per heavy atom. The maximum absolute atomic E-state index is 12.3. The summed E-state index contributed by atoms with van der Waals surface area (Å²) >= 11 is 0. The summed E-state index contributed by atoms with van der Waals surface area (Å²) in [7, 11) is 4.65. The van der Waals surface area contributed by atoms with Gasteiger partial charge in [0.1, 0.15) is 0 Å². The van der Waals surface area contributed by atoms with Crippen LogP contribution < -0.4 is 19.5 Å². The van der Waals surface area contributed by atoms with Crippen LogP contribution in [0, 0.1) is 0 Å². The van der Waals surface area contributed by atoms with Crippen LogP contribution in [-0.2, 0) is 4.79 Å². The Morgan fingerprint density at radius 2 is 1.59 bits per heavy atom. The maximum atomic E-state index is 12.3. The van der Waals surface area contributed by atoms with E-state index >= 15 is 0 Å². The maximum Gasteiger partial charge on any atom is 0.248 e. The van der Waals surface area contributed by atoms with E-state index in [1.54, 1.807) is 39.5 Å². The van der Waals surface area contributed by atoms with Gasteiger partial charge in [0.25, 0.3) is 0 Å². The number of hydrogen-bond acceptors (Lipinski definition) is 4. The van der Waals surface area contributed by atoms with Crippen molar-refractivity contribution in [2.75, 3.05) is 26.6 Å². The fraction of sp³-hybridized carbons (Fsp3) is 0.136. The molecule has 3 aromatic carbocycles. The lowest BCUT2D eigenvalue weighted by molar-refractivity contribution is -0.111. The highest BCUT2D eigenvalue weighted by Gasteiger charge is 2.14. The van der Waals surface area contributed by atoms with Crippen molar-refractivity contribution in [2.45, 2.75) is 0 Å². The molecule has 0 saturated heterocycles. The lowest BCUT2D eigenvalue weighted by atomic mass is 10.1. The third-order valence-corrected chi connectivity index (χ3v) is 4.17. The van der Waals surface area contributed by atoms with Crippen LogP contribution in [0.5, 0.6) is 17.2 Å². The van der Waals surface area contributed by atoms with E-state index in [9.17, 15) is 4.79 Å². The lowest BCUT2D eigenvalue weighted by Gasteiger charge is -2.14. The van der Waals surface area contributed by atoms with Crippen molar-refractivity contribution < 1.29 is 19.0 Å². The van der Waals surface area contributed by atoms with Crippen LogP contribution in [0.2, 0.25) is 0 Å². The standard InChI is InChI=1S/C22H21NO4/c1-25-19-12-9-16(21(26-2)22(19)27-3)10-13-20(24)23-18-11-8-15-6-4-5-7-17(15)14-18/h4-14H,1-3H3,(H,23,24)/b13-10+. The minimum atomic E-state index is -0.234. The van der Waals surface area contributed by atoms with Crippen LogP contribution in [0.25, 0.3) is 16.8 Å². The molecule has 0 saturated carbocycles. The Labute approximate surface area is 158 Å². The molecule has 0 fully saturated rings. The topological polar surface area (TPSA) is 56.8 Å². The SMILES string of the molecule is COc1ccc(/C=C/C(=O)Nc2ccc3ccccc3c2)c(OC)c1OC. The van der Waals surface area contributed by atoms with Gasteiger partial charge >= 0.3 is 0 Å². The molecule has 138 valence electrons. The van der Waals surface area contributed by atoms with Gasteiger partial charge in [-0.1, -0.05) is 30.3 Å². The Balaban J connectivity index is 1.79. The summed E-state index contributed by atoms with van der Waals surface area (Å²) in [5, 5.41) is 5.07. The predicted octanol–water partition coefficient (Wildman–Crippen LogP) is 4.52. The van der Waals surface area contributed by atoms with Gasteiger partial charge in [-0.25, -0.2) is 0 Å². The minimum Gasteiger partial charge on any atom is -0.493 e. The third-order valence-electron chi connectivity index (χ3n) is 4.17. The molecule has 3 rings (SSSR count). The number of ether oxygens (including phenoxy) is 3. The van der Waals surface area contributed by atoms with Crippen molar-refractivity contribution in [3.63, 3.8) is 0 Å². The highest BCUT2D eigenvalue weighted by Crippen LogP contribution is 2.40. The zero-order chi connectivity index (χ0) is 19.2. The first-order valence-electron chi connectivity index (χ1n) is 8.43. The van der Waals surface area contributed by atoms with Crippen molar-refractivity contribution in [1.29, 1.82) is 0 Å². The number of rotatable bonds is 6. The molecule has 3 aromatic rings. The van der Waals surface area contributed by atoms with Gasteiger partial charge in [0.15, 0.2) is 11.5 Å². The number of methoxy groups -OCH3 is 3. The molecule has 0 aliphatic rings. The number of fused-ring (bicyclic) bond motifs is 1. The number of carbonyl (C=O) groups excluding carboxylic acids is 1. The summed E-state index contributed by atoms with van der Waals surface area (Å²) < 4.78 is 16.0. The van der Waals surface area contributed by atoms with Crippen molar-refractivity contribution in [2.24, 2.45) is 0 Å². The Hall–Kier alpha value is -3.47. The molecule has 0 radical (unpaired) electrons. The van der Waals surface area contributed by atoms with Crippen LogP contribution in [0.4, 0.5) is 5.69 Å². The number of amides is 1. The smallest absolute Gasteiger partial charge is 0.248 e. The van der Waals surface area contributed by atoms with E-state index in [-0.39, 0.29) is 5.91 Å². The molecule has 0 heterocycles. The number of benzene rings is 3. The number of carbonyl (C=O) groups is 1. The van der Waals surface area contributed by atoms with Crippen LogP contribution in [0.15, 0.2) is 60.7 Å². The van der Waals surface area contributed by atoms with E-state index in [0.29, 0.717) is 22.8 Å². The normalized spacial score (nSPS) is 10.8. The van der Waals surface area contributed by atoms with Gasteiger partial charge in [0.05, 0.1) is 21.3 Å². The molecule has 27 heavy (non-hydrogen) atoms. The molecular formula is C22H21NO4. The average Bonchev–Trinajstić information content (AvgIpc) is 2.71. The van der Waals surface area contributed by atoms with Gasteiger partial charge in [-0.3, -0.25) is 4.79 Å². The van der Waals surface area contributed by atoms with E-state index in [1.807, 2.05) is 42.5 Å². The number of nitrogens with one attached hydrogen (secondary N) is 1. The predicted molar refractivity (Wildman–Crippen MR) is 108 cm³/mol. The molecule has 0 aliphatic carbocycles. The summed E-state index contributed by atoms with van der Waals surface area (Å²) in [6, 6.07) is 17.4. The molecule has 0 unspecified atom stereocenters. The van der Waals surface area contributed by atoms with Crippen molar-refractivity contribution in [3.05, 3.63) is 66.2 Å². The second-order valence-electron chi connectivity index (χ2n) is 5.81. The Bertz CT molecular complexity index is 995. The first-order valence-corrected chi connectivity index (χ1v) is 8.43. The van der Waals surface area contributed by atoms with Crippen molar-refractivity contribution in [3.8, 4) is 17.2 Å². The van der Waals surface area contributed by atoms with E-state index in [2.05, 4.69) is 5.32 Å². The van der Waals surface area contributed by atoms with Crippen LogP contribution in [0.3, 0.4) is 0 Å². The molecule has 5 heteroatoms. The minimum absolute atomic E-state index is 0.234. The largest absolute Gasteiger partial charge is 0.493 e. The monoisotopic (exact) mass is 363 g/mol. The zero-order valence-electron chi connectivity index (χ0n) is 15.5. The molecule has 0 bridgehead atoms. The van der Waals surface area contributed by atoms with Gasteiger partial charge < -0.3 is 19.5 Å². The summed E-state index contributed by atoms with van der Waals surface area (Å²) in [4.78, 5) is 12.3. The van der Waals surface area contributed by atoms with Gasteiger partial charge in [0.2, 0.25) is 11.7 Å². The van der Waals surface area contributed by atoms with E-state index in [0.717, 1.165) is 16.5 Å². The molecule has 0 aliphatic heterocycles. The van der Waals surface area contributed by atoms with Crippen LogP contribution in [-0.4, -0.2) is 27.2 Å². The van der Waals surface area contributed by atoms with Gasteiger partial charge in [-0.05, 0) is 41.1 Å². The van der Waals surface area contributed by atoms with E-state index < -0.39 is 0 Å². The zero-order valence-corrected chi connectivity index (χ0v) is 15.5. The van der Waals surface area contributed by atoms with Gasteiger partial charge in [-0.2, -0.15) is 0 Å². The summed E-state index contributed by atoms with van der Waals surface area (Å²) in [6.45, 7) is 0.